The van der Waals surface area contributed by atoms with Crippen molar-refractivity contribution in [2.75, 3.05) is 18.0 Å². The fourth-order valence-electron chi connectivity index (χ4n) is 2.95. The molecular formula is C16H26N4. The molecule has 1 aliphatic rings. The number of hydrogen-bond donors (Lipinski definition) is 1. The van der Waals surface area contributed by atoms with Gasteiger partial charge in [0.2, 0.25) is 0 Å². The van der Waals surface area contributed by atoms with Gasteiger partial charge in [-0.15, -0.1) is 0 Å². The van der Waals surface area contributed by atoms with Crippen LogP contribution in [0.25, 0.3) is 11.0 Å². The summed E-state index contributed by atoms with van der Waals surface area (Å²) in [5, 5.41) is 0. The minimum Gasteiger partial charge on any atom is -0.365 e. The number of para-hydroxylation sites is 1. The van der Waals surface area contributed by atoms with Crippen molar-refractivity contribution in [1.29, 1.82) is 0 Å². The fourth-order valence-corrected chi connectivity index (χ4v) is 2.95. The van der Waals surface area contributed by atoms with Crippen LogP contribution >= 0.6 is 0 Å². The predicted octanol–water partition coefficient (Wildman–Crippen LogP) is 2.84. The number of anilines is 1. The second-order valence-electron chi connectivity index (χ2n) is 5.09. The van der Waals surface area contributed by atoms with Crippen molar-refractivity contribution in [3.05, 3.63) is 24.0 Å². The Hall–Kier alpha value is -1.55. The number of nitrogens with two attached hydrogens (primary N) is 1. The highest BCUT2D eigenvalue weighted by atomic mass is 15.2. The number of rotatable bonds is 2. The van der Waals surface area contributed by atoms with Gasteiger partial charge in [-0.05, 0) is 31.9 Å². The van der Waals surface area contributed by atoms with Gasteiger partial charge in [-0.25, -0.2) is 4.98 Å². The molecule has 2 N–H and O–H groups in total. The second kappa shape index (κ2) is 6.27. The zero-order valence-electron chi connectivity index (χ0n) is 13.1. The zero-order valence-corrected chi connectivity index (χ0v) is 13.1. The van der Waals surface area contributed by atoms with Crippen LogP contribution < -0.4 is 10.6 Å². The first-order valence-corrected chi connectivity index (χ1v) is 7.61. The van der Waals surface area contributed by atoms with E-state index in [1.165, 1.54) is 24.0 Å². The summed E-state index contributed by atoms with van der Waals surface area (Å²) in [5.74, 6) is 1.06. The Morgan fingerprint density at radius 1 is 1.35 bits per heavy atom. The van der Waals surface area contributed by atoms with Crippen LogP contribution in [0.15, 0.2) is 18.2 Å². The summed E-state index contributed by atoms with van der Waals surface area (Å²) < 4.78 is 2.15. The first-order valence-electron chi connectivity index (χ1n) is 7.61. The van der Waals surface area contributed by atoms with E-state index in [0.717, 1.165) is 24.4 Å². The molecule has 3 rings (SSSR count). The summed E-state index contributed by atoms with van der Waals surface area (Å²) in [7, 11) is 2.07. The first-order chi connectivity index (χ1) is 9.72. The maximum atomic E-state index is 5.87. The van der Waals surface area contributed by atoms with Gasteiger partial charge in [0.1, 0.15) is 11.3 Å². The summed E-state index contributed by atoms with van der Waals surface area (Å²) in [4.78, 5) is 7.13. The predicted molar refractivity (Wildman–Crippen MR) is 86.2 cm³/mol. The highest BCUT2D eigenvalue weighted by molar-refractivity contribution is 5.89. The molecule has 0 amide bonds. The average molecular weight is 274 g/mol. The number of nitrogens with zero attached hydrogens (tertiary/aromatic N) is 3. The lowest BCUT2D eigenvalue weighted by molar-refractivity contribution is 0.678. The number of aryl methyl sites for hydroxylation is 2. The van der Waals surface area contributed by atoms with Crippen LogP contribution in [0.3, 0.4) is 0 Å². The zero-order chi connectivity index (χ0) is 14.7. The molecule has 0 radical (unpaired) electrons. The van der Waals surface area contributed by atoms with E-state index in [9.17, 15) is 0 Å². The third-order valence-corrected chi connectivity index (χ3v) is 4.07. The number of benzene rings is 1. The second-order valence-corrected chi connectivity index (χ2v) is 5.09. The Morgan fingerprint density at radius 2 is 2.10 bits per heavy atom. The third-order valence-electron chi connectivity index (χ3n) is 4.07. The molecule has 2 aromatic rings. The van der Waals surface area contributed by atoms with Crippen molar-refractivity contribution in [2.24, 2.45) is 12.8 Å². The van der Waals surface area contributed by atoms with E-state index in [-0.39, 0.29) is 0 Å². The smallest absolute Gasteiger partial charge is 0.112 e. The van der Waals surface area contributed by atoms with E-state index in [4.69, 9.17) is 10.7 Å². The number of imidazole rings is 1. The van der Waals surface area contributed by atoms with Crippen LogP contribution in [-0.2, 0) is 7.05 Å². The molecule has 2 heterocycles. The lowest BCUT2D eigenvalue weighted by Gasteiger charge is -2.25. The Labute approximate surface area is 121 Å². The maximum Gasteiger partial charge on any atom is 0.112 e. The maximum absolute atomic E-state index is 5.87. The quantitative estimate of drug-likeness (QED) is 0.916. The van der Waals surface area contributed by atoms with E-state index >= 15 is 0 Å². The first kappa shape index (κ1) is 14.9. The van der Waals surface area contributed by atoms with Crippen molar-refractivity contribution >= 4 is 16.7 Å². The molecule has 1 fully saturated rings. The Balaban J connectivity index is 0.000000704. The van der Waals surface area contributed by atoms with E-state index in [1.807, 2.05) is 20.8 Å². The number of hydrogen-bond acceptors (Lipinski definition) is 3. The summed E-state index contributed by atoms with van der Waals surface area (Å²) in [5.41, 5.74) is 9.42. The van der Waals surface area contributed by atoms with Crippen molar-refractivity contribution in [2.45, 2.75) is 39.7 Å². The van der Waals surface area contributed by atoms with Gasteiger partial charge in [0.15, 0.2) is 0 Å². The SMILES string of the molecule is CC.Cc1nc2c(N3CCCC3CN)cccc2n1C. The molecule has 1 atom stereocenters. The molecule has 4 nitrogen and oxygen atoms in total. The molecule has 1 aliphatic heterocycles. The van der Waals surface area contributed by atoms with E-state index in [1.54, 1.807) is 0 Å². The van der Waals surface area contributed by atoms with Gasteiger partial charge < -0.3 is 15.2 Å². The van der Waals surface area contributed by atoms with Crippen LogP contribution in [0.5, 0.6) is 0 Å². The largest absolute Gasteiger partial charge is 0.365 e. The number of fused-ring (bicyclic) bond motifs is 1. The normalized spacial score (nSPS) is 18.2. The van der Waals surface area contributed by atoms with Gasteiger partial charge in [0.25, 0.3) is 0 Å². The summed E-state index contributed by atoms with van der Waals surface area (Å²) >= 11 is 0. The molecule has 0 spiro atoms. The molecule has 110 valence electrons. The Kier molecular flexibility index (Phi) is 4.65. The molecule has 1 aromatic heterocycles. The fraction of sp³-hybridized carbons (Fsp3) is 0.562. The molecule has 20 heavy (non-hydrogen) atoms. The monoisotopic (exact) mass is 274 g/mol. The lowest BCUT2D eigenvalue weighted by Crippen LogP contribution is -2.35. The standard InChI is InChI=1S/C14H20N4.C2H6/c1-10-16-14-12(17(10)2)6-3-7-13(14)18-8-4-5-11(18)9-15;1-2/h3,6-7,11H,4-5,8-9,15H2,1-2H3;1-2H3. The minimum atomic E-state index is 0.470. The Morgan fingerprint density at radius 3 is 2.80 bits per heavy atom. The Bertz CT molecular complexity index is 573. The molecule has 0 aliphatic carbocycles. The van der Waals surface area contributed by atoms with E-state index < -0.39 is 0 Å². The van der Waals surface area contributed by atoms with Crippen LogP contribution in [0, 0.1) is 6.92 Å². The van der Waals surface area contributed by atoms with Gasteiger partial charge in [-0.2, -0.15) is 0 Å². The lowest BCUT2D eigenvalue weighted by atomic mass is 10.2. The van der Waals surface area contributed by atoms with Crippen molar-refractivity contribution in [3.8, 4) is 0 Å². The molecule has 1 aromatic carbocycles. The van der Waals surface area contributed by atoms with Gasteiger partial charge in [-0.1, -0.05) is 19.9 Å². The van der Waals surface area contributed by atoms with Crippen molar-refractivity contribution in [3.63, 3.8) is 0 Å². The highest BCUT2D eigenvalue weighted by Gasteiger charge is 2.25. The minimum absolute atomic E-state index is 0.470. The van der Waals surface area contributed by atoms with E-state index in [0.29, 0.717) is 6.04 Å². The van der Waals surface area contributed by atoms with Gasteiger partial charge in [0.05, 0.1) is 11.2 Å². The van der Waals surface area contributed by atoms with Crippen LogP contribution in [-0.4, -0.2) is 28.7 Å². The molecule has 0 saturated carbocycles. The summed E-state index contributed by atoms with van der Waals surface area (Å²) in [6, 6.07) is 6.89. The van der Waals surface area contributed by atoms with Gasteiger partial charge >= 0.3 is 0 Å². The van der Waals surface area contributed by atoms with Gasteiger partial charge in [-0.3, -0.25) is 0 Å². The topological polar surface area (TPSA) is 47.1 Å². The molecule has 4 heteroatoms. The molecule has 0 bridgehead atoms. The molecule has 1 unspecified atom stereocenters. The summed E-state index contributed by atoms with van der Waals surface area (Å²) in [6.45, 7) is 7.87. The van der Waals surface area contributed by atoms with Crippen LogP contribution in [0.4, 0.5) is 5.69 Å². The van der Waals surface area contributed by atoms with Crippen molar-refractivity contribution < 1.29 is 0 Å². The van der Waals surface area contributed by atoms with Crippen LogP contribution in [0.2, 0.25) is 0 Å². The summed E-state index contributed by atoms with van der Waals surface area (Å²) in [6.07, 6.45) is 2.42. The molecular weight excluding hydrogens is 248 g/mol. The van der Waals surface area contributed by atoms with E-state index in [2.05, 4.69) is 34.7 Å². The molecule has 1 saturated heterocycles. The number of aromatic nitrogens is 2. The van der Waals surface area contributed by atoms with Crippen molar-refractivity contribution in [1.82, 2.24) is 9.55 Å². The highest BCUT2D eigenvalue weighted by Crippen LogP contribution is 2.31. The average Bonchev–Trinajstić information content (AvgIpc) is 3.07. The third kappa shape index (κ3) is 2.40. The van der Waals surface area contributed by atoms with Gasteiger partial charge in [0, 0.05) is 26.2 Å². The van der Waals surface area contributed by atoms with Crippen LogP contribution in [0.1, 0.15) is 32.5 Å².